The first-order valence-corrected chi connectivity index (χ1v) is 7.07. The van der Waals surface area contributed by atoms with E-state index in [1.807, 2.05) is 12.1 Å². The van der Waals surface area contributed by atoms with E-state index in [9.17, 15) is 10.1 Å². The first-order chi connectivity index (χ1) is 9.00. The number of aromatic nitrogens is 1. The molecule has 0 saturated heterocycles. The number of halogens is 1. The van der Waals surface area contributed by atoms with Gasteiger partial charge in [-0.25, -0.2) is 0 Å². The Labute approximate surface area is 120 Å². The minimum absolute atomic E-state index is 0.177. The van der Waals surface area contributed by atoms with E-state index in [-0.39, 0.29) is 15.4 Å². The normalized spacial score (nSPS) is 12.8. The van der Waals surface area contributed by atoms with E-state index in [4.69, 9.17) is 0 Å². The summed E-state index contributed by atoms with van der Waals surface area (Å²) in [7, 11) is 0. The summed E-state index contributed by atoms with van der Waals surface area (Å²) >= 11 is 3.59. The Kier molecular flexibility index (Phi) is 4.14. The molecule has 0 aliphatic carbocycles. The Balaban J connectivity index is 2.55. The molecular weight excluding hydrogens is 308 g/mol. The van der Waals surface area contributed by atoms with Crippen molar-refractivity contribution in [3.8, 4) is 0 Å². The molecule has 100 valence electrons. The van der Waals surface area contributed by atoms with Crippen molar-refractivity contribution in [2.24, 2.45) is 5.92 Å². The molecule has 5 heteroatoms. The lowest BCUT2D eigenvalue weighted by atomic mass is 9.99. The molecule has 1 atom stereocenters. The lowest BCUT2D eigenvalue weighted by molar-refractivity contribution is -0.383. The maximum Gasteiger partial charge on any atom is 0.281 e. The van der Waals surface area contributed by atoms with Crippen molar-refractivity contribution in [2.45, 2.75) is 25.1 Å². The highest BCUT2D eigenvalue weighted by Crippen LogP contribution is 2.31. The molecule has 4 nitrogen and oxygen atoms in total. The number of alkyl halides is 1. The number of nitro benzene ring substituents is 1. The lowest BCUT2D eigenvalue weighted by Crippen LogP contribution is -2.12. The Bertz CT molecular complexity index is 613. The summed E-state index contributed by atoms with van der Waals surface area (Å²) in [6, 6.07) is 7.14. The molecule has 1 aromatic heterocycles. The van der Waals surface area contributed by atoms with Gasteiger partial charge in [0.05, 0.1) is 15.8 Å². The monoisotopic (exact) mass is 322 g/mol. The van der Waals surface area contributed by atoms with E-state index in [0.29, 0.717) is 23.2 Å². The van der Waals surface area contributed by atoms with Gasteiger partial charge >= 0.3 is 0 Å². The van der Waals surface area contributed by atoms with Crippen LogP contribution in [0.15, 0.2) is 30.5 Å². The summed E-state index contributed by atoms with van der Waals surface area (Å²) in [5, 5.41) is 12.0. The SMILES string of the molecule is CC(C)C(Br)Cc1ccc2ncccc2c1[N+](=O)[O-]. The molecule has 0 amide bonds. The van der Waals surface area contributed by atoms with Gasteiger partial charge < -0.3 is 0 Å². The van der Waals surface area contributed by atoms with Gasteiger partial charge in [0.25, 0.3) is 5.69 Å². The topological polar surface area (TPSA) is 56.0 Å². The molecule has 0 fully saturated rings. The zero-order valence-electron chi connectivity index (χ0n) is 10.8. The van der Waals surface area contributed by atoms with Crippen molar-refractivity contribution in [1.82, 2.24) is 4.98 Å². The lowest BCUT2D eigenvalue weighted by Gasteiger charge is -2.14. The standard InChI is InChI=1S/C14H15BrN2O2/c1-9(2)12(15)8-10-5-6-13-11(4-3-7-16-13)14(10)17(18)19/h3-7,9,12H,8H2,1-2H3. The first-order valence-electron chi connectivity index (χ1n) is 6.15. The minimum Gasteiger partial charge on any atom is -0.258 e. The van der Waals surface area contributed by atoms with Crippen LogP contribution in [0.4, 0.5) is 5.69 Å². The van der Waals surface area contributed by atoms with Gasteiger partial charge in [-0.05, 0) is 36.6 Å². The second-order valence-electron chi connectivity index (χ2n) is 4.86. The fourth-order valence-corrected chi connectivity index (χ4v) is 2.36. The van der Waals surface area contributed by atoms with Crippen LogP contribution in [0.25, 0.3) is 10.9 Å². The third kappa shape index (κ3) is 2.92. The zero-order chi connectivity index (χ0) is 14.0. The van der Waals surface area contributed by atoms with E-state index in [2.05, 4.69) is 34.8 Å². The van der Waals surface area contributed by atoms with Gasteiger partial charge in [-0.15, -0.1) is 0 Å². The van der Waals surface area contributed by atoms with Crippen LogP contribution in [0, 0.1) is 16.0 Å². The van der Waals surface area contributed by atoms with Crippen LogP contribution >= 0.6 is 15.9 Å². The fraction of sp³-hybridized carbons (Fsp3) is 0.357. The average molecular weight is 323 g/mol. The van der Waals surface area contributed by atoms with E-state index in [1.54, 1.807) is 18.3 Å². The predicted molar refractivity (Wildman–Crippen MR) is 79.7 cm³/mol. The number of pyridine rings is 1. The molecule has 0 N–H and O–H groups in total. The molecule has 0 radical (unpaired) electrons. The fourth-order valence-electron chi connectivity index (χ4n) is 2.01. The van der Waals surface area contributed by atoms with Gasteiger partial charge in [-0.1, -0.05) is 29.8 Å². The van der Waals surface area contributed by atoms with Gasteiger partial charge in [0.2, 0.25) is 0 Å². The van der Waals surface area contributed by atoms with Gasteiger partial charge in [0.15, 0.2) is 0 Å². The van der Waals surface area contributed by atoms with Gasteiger partial charge in [0.1, 0.15) is 0 Å². The molecule has 0 aliphatic heterocycles. The van der Waals surface area contributed by atoms with E-state index >= 15 is 0 Å². The van der Waals surface area contributed by atoms with Crippen molar-refractivity contribution in [3.63, 3.8) is 0 Å². The van der Waals surface area contributed by atoms with Gasteiger partial charge in [-0.2, -0.15) is 0 Å². The Hall–Kier alpha value is -1.49. The van der Waals surface area contributed by atoms with Crippen LogP contribution in [0.5, 0.6) is 0 Å². The molecule has 1 unspecified atom stereocenters. The van der Waals surface area contributed by atoms with Crippen LogP contribution in [0.1, 0.15) is 19.4 Å². The van der Waals surface area contributed by atoms with Crippen molar-refractivity contribution in [1.29, 1.82) is 0 Å². The number of rotatable bonds is 4. The number of hydrogen-bond donors (Lipinski definition) is 0. The van der Waals surface area contributed by atoms with Crippen LogP contribution in [0.3, 0.4) is 0 Å². The van der Waals surface area contributed by atoms with Crippen LogP contribution in [0.2, 0.25) is 0 Å². The molecule has 0 saturated carbocycles. The Morgan fingerprint density at radius 2 is 2.11 bits per heavy atom. The summed E-state index contributed by atoms with van der Waals surface area (Å²) in [5.74, 6) is 0.421. The summed E-state index contributed by atoms with van der Waals surface area (Å²) in [6.45, 7) is 4.18. The third-order valence-corrected chi connectivity index (χ3v) is 4.54. The summed E-state index contributed by atoms with van der Waals surface area (Å²) < 4.78 is 0. The quantitative estimate of drug-likeness (QED) is 0.483. The molecule has 1 heterocycles. The molecule has 1 aromatic carbocycles. The molecule has 0 bridgehead atoms. The second kappa shape index (κ2) is 5.65. The minimum atomic E-state index is -0.306. The zero-order valence-corrected chi connectivity index (χ0v) is 12.4. The second-order valence-corrected chi connectivity index (χ2v) is 6.04. The molecule has 2 rings (SSSR count). The van der Waals surface area contributed by atoms with Crippen LogP contribution in [-0.2, 0) is 6.42 Å². The van der Waals surface area contributed by atoms with Gasteiger partial charge in [0, 0.05) is 16.6 Å². The summed E-state index contributed by atoms with van der Waals surface area (Å²) in [5.41, 5.74) is 1.59. The van der Waals surface area contributed by atoms with E-state index < -0.39 is 0 Å². The van der Waals surface area contributed by atoms with Crippen molar-refractivity contribution < 1.29 is 4.92 Å². The number of fused-ring (bicyclic) bond motifs is 1. The van der Waals surface area contributed by atoms with Crippen LogP contribution < -0.4 is 0 Å². The van der Waals surface area contributed by atoms with Gasteiger partial charge in [-0.3, -0.25) is 15.1 Å². The first kappa shape index (κ1) is 13.9. The maximum absolute atomic E-state index is 11.3. The number of hydrogen-bond acceptors (Lipinski definition) is 3. The van der Waals surface area contributed by atoms with E-state index in [1.165, 1.54) is 0 Å². The van der Waals surface area contributed by atoms with Crippen molar-refractivity contribution in [3.05, 3.63) is 46.1 Å². The molecular formula is C14H15BrN2O2. The highest BCUT2D eigenvalue weighted by Gasteiger charge is 2.21. The molecule has 19 heavy (non-hydrogen) atoms. The molecule has 0 aliphatic rings. The number of nitro groups is 1. The van der Waals surface area contributed by atoms with Crippen molar-refractivity contribution >= 4 is 32.5 Å². The highest BCUT2D eigenvalue weighted by molar-refractivity contribution is 9.09. The number of nitrogens with zero attached hydrogens (tertiary/aromatic N) is 2. The van der Waals surface area contributed by atoms with E-state index in [0.717, 1.165) is 5.56 Å². The average Bonchev–Trinajstić information content (AvgIpc) is 2.37. The maximum atomic E-state index is 11.3. The summed E-state index contributed by atoms with van der Waals surface area (Å²) in [6.07, 6.45) is 2.28. The molecule has 0 spiro atoms. The Morgan fingerprint density at radius 1 is 1.37 bits per heavy atom. The predicted octanol–water partition coefficient (Wildman–Crippen LogP) is 4.11. The van der Waals surface area contributed by atoms with Crippen molar-refractivity contribution in [2.75, 3.05) is 0 Å². The van der Waals surface area contributed by atoms with Crippen LogP contribution in [-0.4, -0.2) is 14.7 Å². The number of benzene rings is 1. The smallest absolute Gasteiger partial charge is 0.258 e. The molecule has 2 aromatic rings. The summed E-state index contributed by atoms with van der Waals surface area (Å²) in [4.78, 5) is 15.4. The Morgan fingerprint density at radius 3 is 2.74 bits per heavy atom. The third-order valence-electron chi connectivity index (χ3n) is 3.16. The largest absolute Gasteiger partial charge is 0.281 e. The highest BCUT2D eigenvalue weighted by atomic mass is 79.9.